The molecule has 0 aliphatic heterocycles. The standard InChI is InChI=1S/C12H14FN3S/c1-3-14-12(11-7-17-16-15-11)10-5-4-9(13)6-8(10)2/h4-7,12,14H,3H2,1-2H3. The number of nitrogens with one attached hydrogen (secondary N) is 1. The van der Waals surface area contributed by atoms with Gasteiger partial charge in [0, 0.05) is 5.38 Å². The number of hydrogen-bond donors (Lipinski definition) is 1. The Morgan fingerprint density at radius 2 is 2.29 bits per heavy atom. The van der Waals surface area contributed by atoms with Crippen molar-refractivity contribution in [1.29, 1.82) is 0 Å². The topological polar surface area (TPSA) is 37.8 Å². The summed E-state index contributed by atoms with van der Waals surface area (Å²) in [6, 6.07) is 4.81. The van der Waals surface area contributed by atoms with Gasteiger partial charge in [0.2, 0.25) is 0 Å². The molecular weight excluding hydrogens is 237 g/mol. The lowest BCUT2D eigenvalue weighted by atomic mass is 9.99. The summed E-state index contributed by atoms with van der Waals surface area (Å²) in [5.41, 5.74) is 2.84. The highest BCUT2D eigenvalue weighted by atomic mass is 32.1. The first-order chi connectivity index (χ1) is 8.22. The first-order valence-electron chi connectivity index (χ1n) is 5.48. The van der Waals surface area contributed by atoms with Crippen LogP contribution in [0.15, 0.2) is 23.6 Å². The van der Waals surface area contributed by atoms with E-state index in [2.05, 4.69) is 14.9 Å². The quantitative estimate of drug-likeness (QED) is 0.908. The molecule has 1 unspecified atom stereocenters. The van der Waals surface area contributed by atoms with Gasteiger partial charge >= 0.3 is 0 Å². The molecule has 1 heterocycles. The molecule has 0 fully saturated rings. The van der Waals surface area contributed by atoms with Crippen molar-refractivity contribution in [2.75, 3.05) is 6.54 Å². The predicted molar refractivity (Wildman–Crippen MR) is 66.6 cm³/mol. The van der Waals surface area contributed by atoms with Crippen LogP contribution < -0.4 is 5.32 Å². The molecule has 0 aliphatic rings. The molecule has 0 saturated heterocycles. The van der Waals surface area contributed by atoms with Gasteiger partial charge in [0.1, 0.15) is 5.82 Å². The maximum absolute atomic E-state index is 13.1. The summed E-state index contributed by atoms with van der Waals surface area (Å²) >= 11 is 1.32. The van der Waals surface area contributed by atoms with Crippen LogP contribution in [0.2, 0.25) is 0 Å². The van der Waals surface area contributed by atoms with Crippen LogP contribution in [-0.2, 0) is 0 Å². The minimum atomic E-state index is -0.210. The fourth-order valence-corrected chi connectivity index (χ4v) is 2.32. The van der Waals surface area contributed by atoms with Crippen molar-refractivity contribution in [3.05, 3.63) is 46.2 Å². The van der Waals surface area contributed by atoms with Gasteiger partial charge in [0.05, 0.1) is 11.7 Å². The van der Waals surface area contributed by atoms with E-state index in [1.54, 1.807) is 12.1 Å². The van der Waals surface area contributed by atoms with Crippen molar-refractivity contribution in [3.8, 4) is 0 Å². The van der Waals surface area contributed by atoms with Crippen molar-refractivity contribution in [3.63, 3.8) is 0 Å². The Morgan fingerprint density at radius 1 is 1.47 bits per heavy atom. The van der Waals surface area contributed by atoms with Crippen LogP contribution in [0.3, 0.4) is 0 Å². The number of aryl methyl sites for hydroxylation is 1. The first-order valence-corrected chi connectivity index (χ1v) is 6.32. The van der Waals surface area contributed by atoms with Gasteiger partial charge in [-0.3, -0.25) is 0 Å². The van der Waals surface area contributed by atoms with Gasteiger partial charge in [-0.25, -0.2) is 4.39 Å². The molecular formula is C12H14FN3S. The number of rotatable bonds is 4. The molecule has 0 saturated carbocycles. The molecule has 3 nitrogen and oxygen atoms in total. The normalized spacial score (nSPS) is 12.6. The SMILES string of the molecule is CCNC(c1csnn1)c1ccc(F)cc1C. The maximum atomic E-state index is 13.1. The Kier molecular flexibility index (Phi) is 3.81. The lowest BCUT2D eigenvalue weighted by molar-refractivity contribution is 0.600. The van der Waals surface area contributed by atoms with Crippen LogP contribution in [0.1, 0.15) is 29.8 Å². The second-order valence-corrected chi connectivity index (χ2v) is 4.43. The van der Waals surface area contributed by atoms with Crippen molar-refractivity contribution >= 4 is 11.5 Å². The molecule has 0 radical (unpaired) electrons. The monoisotopic (exact) mass is 251 g/mol. The largest absolute Gasteiger partial charge is 0.305 e. The van der Waals surface area contributed by atoms with Crippen molar-refractivity contribution in [2.24, 2.45) is 0 Å². The molecule has 90 valence electrons. The zero-order valence-electron chi connectivity index (χ0n) is 9.77. The first kappa shape index (κ1) is 12.1. The zero-order chi connectivity index (χ0) is 12.3. The molecule has 1 atom stereocenters. The highest BCUT2D eigenvalue weighted by Crippen LogP contribution is 2.24. The van der Waals surface area contributed by atoms with Gasteiger partial charge < -0.3 is 5.32 Å². The summed E-state index contributed by atoms with van der Waals surface area (Å²) in [5, 5.41) is 9.34. The van der Waals surface area contributed by atoms with E-state index >= 15 is 0 Å². The molecule has 0 aliphatic carbocycles. The minimum Gasteiger partial charge on any atom is -0.305 e. The second kappa shape index (κ2) is 5.33. The third kappa shape index (κ3) is 2.68. The van der Waals surface area contributed by atoms with Crippen LogP contribution in [0, 0.1) is 12.7 Å². The smallest absolute Gasteiger partial charge is 0.123 e. The van der Waals surface area contributed by atoms with E-state index in [0.717, 1.165) is 23.4 Å². The van der Waals surface area contributed by atoms with Crippen LogP contribution in [0.4, 0.5) is 4.39 Å². The lowest BCUT2D eigenvalue weighted by Gasteiger charge is -2.18. The third-order valence-corrected chi connectivity index (χ3v) is 3.15. The fraction of sp³-hybridized carbons (Fsp3) is 0.333. The highest BCUT2D eigenvalue weighted by Gasteiger charge is 2.17. The van der Waals surface area contributed by atoms with Crippen LogP contribution in [0.25, 0.3) is 0 Å². The van der Waals surface area contributed by atoms with E-state index in [1.165, 1.54) is 17.6 Å². The van der Waals surface area contributed by atoms with Gasteiger partial charge in [0.15, 0.2) is 0 Å². The molecule has 5 heteroatoms. The van der Waals surface area contributed by atoms with E-state index in [-0.39, 0.29) is 11.9 Å². The maximum Gasteiger partial charge on any atom is 0.123 e. The van der Waals surface area contributed by atoms with Gasteiger partial charge in [-0.05, 0) is 48.3 Å². The van der Waals surface area contributed by atoms with Crippen LogP contribution in [-0.4, -0.2) is 16.1 Å². The Balaban J connectivity index is 2.39. The third-order valence-electron chi connectivity index (χ3n) is 2.62. The average molecular weight is 251 g/mol. The molecule has 2 aromatic rings. The van der Waals surface area contributed by atoms with Crippen LogP contribution >= 0.6 is 11.5 Å². The lowest BCUT2D eigenvalue weighted by Crippen LogP contribution is -2.23. The summed E-state index contributed by atoms with van der Waals surface area (Å²) in [7, 11) is 0. The average Bonchev–Trinajstić information content (AvgIpc) is 2.80. The zero-order valence-corrected chi connectivity index (χ0v) is 10.6. The van der Waals surface area contributed by atoms with Crippen molar-refractivity contribution < 1.29 is 4.39 Å². The highest BCUT2D eigenvalue weighted by molar-refractivity contribution is 7.03. The van der Waals surface area contributed by atoms with Gasteiger partial charge in [-0.15, -0.1) is 5.10 Å². The van der Waals surface area contributed by atoms with E-state index in [9.17, 15) is 4.39 Å². The summed E-state index contributed by atoms with van der Waals surface area (Å²) in [5.74, 6) is -0.210. The van der Waals surface area contributed by atoms with Crippen LogP contribution in [0.5, 0.6) is 0 Å². The summed E-state index contributed by atoms with van der Waals surface area (Å²) < 4.78 is 17.0. The van der Waals surface area contributed by atoms with Crippen molar-refractivity contribution in [1.82, 2.24) is 14.9 Å². The van der Waals surface area contributed by atoms with Gasteiger partial charge in [0.25, 0.3) is 0 Å². The summed E-state index contributed by atoms with van der Waals surface area (Å²) in [4.78, 5) is 0. The molecule has 0 spiro atoms. The molecule has 0 bridgehead atoms. The second-order valence-electron chi connectivity index (χ2n) is 3.82. The predicted octanol–water partition coefficient (Wildman–Crippen LogP) is 2.68. The van der Waals surface area contributed by atoms with E-state index in [1.807, 2.05) is 19.2 Å². The van der Waals surface area contributed by atoms with Gasteiger partial charge in [-0.2, -0.15) is 0 Å². The Hall–Kier alpha value is -1.33. The van der Waals surface area contributed by atoms with Crippen molar-refractivity contribution in [2.45, 2.75) is 19.9 Å². The summed E-state index contributed by atoms with van der Waals surface area (Å²) in [6.45, 7) is 4.76. The Morgan fingerprint density at radius 3 is 2.88 bits per heavy atom. The van der Waals surface area contributed by atoms with E-state index < -0.39 is 0 Å². The summed E-state index contributed by atoms with van der Waals surface area (Å²) in [6.07, 6.45) is 0. The Bertz CT molecular complexity index is 485. The van der Waals surface area contributed by atoms with E-state index in [0.29, 0.717) is 0 Å². The number of benzene rings is 1. The minimum absolute atomic E-state index is 0.0145. The number of nitrogens with zero attached hydrogens (tertiary/aromatic N) is 2. The molecule has 1 N–H and O–H groups in total. The van der Waals surface area contributed by atoms with Gasteiger partial charge in [-0.1, -0.05) is 17.5 Å². The molecule has 1 aromatic carbocycles. The molecule has 0 amide bonds. The molecule has 17 heavy (non-hydrogen) atoms. The molecule has 2 rings (SSSR count). The number of halogens is 1. The fourth-order valence-electron chi connectivity index (χ4n) is 1.84. The number of aromatic nitrogens is 2. The number of hydrogen-bond acceptors (Lipinski definition) is 4. The molecule has 1 aromatic heterocycles. The van der Waals surface area contributed by atoms with E-state index in [4.69, 9.17) is 0 Å². The Labute approximate surface area is 104 Å².